The Bertz CT molecular complexity index is 653. The van der Waals surface area contributed by atoms with Crippen LogP contribution in [0.15, 0.2) is 29.3 Å². The SMILES string of the molecule is CN=C(NCCNC(=O)c1ccccc1Cl)NCC1CN(CC(C)C)CCO1. The van der Waals surface area contributed by atoms with Gasteiger partial charge in [-0.05, 0) is 18.1 Å². The third-order valence-corrected chi connectivity index (χ3v) is 4.72. The normalized spacial score (nSPS) is 18.2. The van der Waals surface area contributed by atoms with Gasteiger partial charge in [-0.3, -0.25) is 14.7 Å². The van der Waals surface area contributed by atoms with Gasteiger partial charge in [-0.15, -0.1) is 0 Å². The molecule has 1 aromatic rings. The van der Waals surface area contributed by atoms with Gasteiger partial charge in [0.15, 0.2) is 5.96 Å². The maximum Gasteiger partial charge on any atom is 0.252 e. The van der Waals surface area contributed by atoms with Crippen LogP contribution in [0.3, 0.4) is 0 Å². The number of nitrogens with zero attached hydrogens (tertiary/aromatic N) is 2. The average molecular weight is 410 g/mol. The molecule has 0 bridgehead atoms. The first-order valence-corrected chi connectivity index (χ1v) is 10.2. The summed E-state index contributed by atoms with van der Waals surface area (Å²) in [7, 11) is 1.73. The molecule has 2 rings (SSSR count). The van der Waals surface area contributed by atoms with E-state index < -0.39 is 0 Å². The fourth-order valence-electron chi connectivity index (χ4n) is 3.11. The number of nitrogens with one attached hydrogen (secondary N) is 3. The number of guanidine groups is 1. The predicted octanol–water partition coefficient (Wildman–Crippen LogP) is 1.59. The Morgan fingerprint density at radius 2 is 2.04 bits per heavy atom. The van der Waals surface area contributed by atoms with E-state index in [4.69, 9.17) is 16.3 Å². The van der Waals surface area contributed by atoms with Gasteiger partial charge in [-0.2, -0.15) is 0 Å². The van der Waals surface area contributed by atoms with Gasteiger partial charge < -0.3 is 20.7 Å². The molecule has 156 valence electrons. The van der Waals surface area contributed by atoms with Crippen molar-refractivity contribution in [1.82, 2.24) is 20.9 Å². The van der Waals surface area contributed by atoms with Crippen molar-refractivity contribution in [3.8, 4) is 0 Å². The zero-order chi connectivity index (χ0) is 20.4. The third-order valence-electron chi connectivity index (χ3n) is 4.39. The quantitative estimate of drug-likeness (QED) is 0.345. The fraction of sp³-hybridized carbons (Fsp3) is 0.600. The summed E-state index contributed by atoms with van der Waals surface area (Å²) >= 11 is 6.04. The molecule has 1 heterocycles. The third kappa shape index (κ3) is 7.66. The Morgan fingerprint density at radius 1 is 1.29 bits per heavy atom. The van der Waals surface area contributed by atoms with Crippen LogP contribution < -0.4 is 16.0 Å². The van der Waals surface area contributed by atoms with E-state index in [0.717, 1.165) is 26.2 Å². The highest BCUT2D eigenvalue weighted by Crippen LogP contribution is 2.14. The van der Waals surface area contributed by atoms with Gasteiger partial charge in [0.2, 0.25) is 0 Å². The van der Waals surface area contributed by atoms with Crippen molar-refractivity contribution in [1.29, 1.82) is 0 Å². The lowest BCUT2D eigenvalue weighted by atomic mass is 10.2. The Labute approximate surface area is 172 Å². The highest BCUT2D eigenvalue weighted by molar-refractivity contribution is 6.33. The van der Waals surface area contributed by atoms with Gasteiger partial charge in [0, 0.05) is 46.3 Å². The largest absolute Gasteiger partial charge is 0.374 e. The summed E-state index contributed by atoms with van der Waals surface area (Å²) in [5.74, 6) is 1.16. The molecule has 1 fully saturated rings. The van der Waals surface area contributed by atoms with Crippen LogP contribution >= 0.6 is 11.6 Å². The van der Waals surface area contributed by atoms with Crippen LogP contribution in [0, 0.1) is 5.92 Å². The molecule has 0 aliphatic carbocycles. The minimum atomic E-state index is -0.184. The molecule has 1 aliphatic heterocycles. The van der Waals surface area contributed by atoms with Gasteiger partial charge in [-0.1, -0.05) is 37.6 Å². The molecule has 1 saturated heterocycles. The monoisotopic (exact) mass is 409 g/mol. The van der Waals surface area contributed by atoms with Crippen molar-refractivity contribution in [2.24, 2.45) is 10.9 Å². The highest BCUT2D eigenvalue weighted by Gasteiger charge is 2.21. The van der Waals surface area contributed by atoms with E-state index in [1.165, 1.54) is 0 Å². The van der Waals surface area contributed by atoms with Crippen LogP contribution in [0.2, 0.25) is 5.02 Å². The molecule has 1 atom stereocenters. The van der Waals surface area contributed by atoms with Crippen molar-refractivity contribution in [2.45, 2.75) is 20.0 Å². The standard InChI is InChI=1S/C20H32ClN5O2/c1-15(2)13-26-10-11-28-16(14-26)12-25-20(22-3)24-9-8-23-19(27)17-6-4-5-7-18(17)21/h4-7,15-16H,8-14H2,1-3H3,(H,23,27)(H2,22,24,25). The van der Waals surface area contributed by atoms with Gasteiger partial charge >= 0.3 is 0 Å². The molecular weight excluding hydrogens is 378 g/mol. The van der Waals surface area contributed by atoms with Crippen LogP contribution in [0.5, 0.6) is 0 Å². The number of hydrogen-bond acceptors (Lipinski definition) is 4. The zero-order valence-corrected chi connectivity index (χ0v) is 17.8. The fourth-order valence-corrected chi connectivity index (χ4v) is 3.34. The molecule has 1 aliphatic rings. The van der Waals surface area contributed by atoms with Crippen molar-refractivity contribution in [3.05, 3.63) is 34.9 Å². The minimum absolute atomic E-state index is 0.144. The summed E-state index contributed by atoms with van der Waals surface area (Å²) in [5, 5.41) is 9.79. The first-order valence-electron chi connectivity index (χ1n) is 9.80. The number of ether oxygens (including phenoxy) is 1. The second kappa shape index (κ2) is 11.9. The molecule has 0 saturated carbocycles. The lowest BCUT2D eigenvalue weighted by Gasteiger charge is -2.34. The van der Waals surface area contributed by atoms with Crippen molar-refractivity contribution < 1.29 is 9.53 Å². The van der Waals surface area contributed by atoms with Crippen LogP contribution in [0.4, 0.5) is 0 Å². The van der Waals surface area contributed by atoms with E-state index in [1.54, 1.807) is 31.3 Å². The van der Waals surface area contributed by atoms with Crippen LogP contribution in [0.25, 0.3) is 0 Å². The molecular formula is C20H32ClN5O2. The number of morpholine rings is 1. The predicted molar refractivity (Wildman–Crippen MR) is 114 cm³/mol. The maximum absolute atomic E-state index is 12.1. The van der Waals surface area contributed by atoms with E-state index in [9.17, 15) is 4.79 Å². The van der Waals surface area contributed by atoms with E-state index in [-0.39, 0.29) is 12.0 Å². The van der Waals surface area contributed by atoms with Gasteiger partial charge in [0.05, 0.1) is 23.3 Å². The summed E-state index contributed by atoms with van der Waals surface area (Å²) in [4.78, 5) is 18.8. The Kier molecular flexibility index (Phi) is 9.54. The second-order valence-corrected chi connectivity index (χ2v) is 7.67. The summed E-state index contributed by atoms with van der Waals surface area (Å²) in [6, 6.07) is 7.00. The average Bonchev–Trinajstić information content (AvgIpc) is 2.67. The van der Waals surface area contributed by atoms with Gasteiger partial charge in [-0.25, -0.2) is 0 Å². The van der Waals surface area contributed by atoms with Crippen LogP contribution in [-0.4, -0.2) is 75.8 Å². The van der Waals surface area contributed by atoms with E-state index >= 15 is 0 Å². The summed E-state index contributed by atoms with van der Waals surface area (Å²) in [5.41, 5.74) is 0.479. The van der Waals surface area contributed by atoms with Gasteiger partial charge in [0.25, 0.3) is 5.91 Å². The molecule has 1 unspecified atom stereocenters. The molecule has 1 amide bonds. The molecule has 8 heteroatoms. The second-order valence-electron chi connectivity index (χ2n) is 7.26. The van der Waals surface area contributed by atoms with Crippen molar-refractivity contribution in [3.63, 3.8) is 0 Å². The zero-order valence-electron chi connectivity index (χ0n) is 17.0. The number of hydrogen-bond donors (Lipinski definition) is 3. The summed E-state index contributed by atoms with van der Waals surface area (Å²) < 4.78 is 5.85. The molecule has 0 aromatic heterocycles. The number of amides is 1. The molecule has 0 radical (unpaired) electrons. The smallest absolute Gasteiger partial charge is 0.252 e. The Morgan fingerprint density at radius 3 is 2.75 bits per heavy atom. The number of benzene rings is 1. The lowest BCUT2D eigenvalue weighted by Crippen LogP contribution is -2.50. The molecule has 0 spiro atoms. The van der Waals surface area contributed by atoms with Gasteiger partial charge in [0.1, 0.15) is 0 Å². The lowest BCUT2D eigenvalue weighted by molar-refractivity contribution is -0.0284. The van der Waals surface area contributed by atoms with E-state index in [2.05, 4.69) is 39.7 Å². The molecule has 28 heavy (non-hydrogen) atoms. The van der Waals surface area contributed by atoms with E-state index in [0.29, 0.717) is 42.1 Å². The maximum atomic E-state index is 12.1. The number of carbonyl (C=O) groups excluding carboxylic acids is 1. The molecule has 1 aromatic carbocycles. The highest BCUT2D eigenvalue weighted by atomic mass is 35.5. The summed E-state index contributed by atoms with van der Waals surface area (Å²) in [6.45, 7) is 9.96. The number of halogens is 1. The Balaban J connectivity index is 1.66. The number of aliphatic imine (C=N–C) groups is 1. The first-order chi connectivity index (χ1) is 13.5. The molecule has 7 nitrogen and oxygen atoms in total. The first kappa shape index (κ1) is 22.5. The Hall–Kier alpha value is -1.83. The number of carbonyl (C=O) groups is 1. The topological polar surface area (TPSA) is 78.0 Å². The number of rotatable bonds is 8. The van der Waals surface area contributed by atoms with Crippen LogP contribution in [-0.2, 0) is 4.74 Å². The molecule has 3 N–H and O–H groups in total. The van der Waals surface area contributed by atoms with E-state index in [1.807, 2.05) is 0 Å². The van der Waals surface area contributed by atoms with Crippen LogP contribution in [0.1, 0.15) is 24.2 Å². The van der Waals surface area contributed by atoms with Crippen molar-refractivity contribution in [2.75, 3.05) is 52.9 Å². The summed E-state index contributed by atoms with van der Waals surface area (Å²) in [6.07, 6.45) is 0.144. The minimum Gasteiger partial charge on any atom is -0.374 e. The van der Waals surface area contributed by atoms with Crippen molar-refractivity contribution >= 4 is 23.5 Å².